The van der Waals surface area contributed by atoms with Gasteiger partial charge in [-0.05, 0) is 64.5 Å². The van der Waals surface area contributed by atoms with Crippen LogP contribution < -0.4 is 5.73 Å². The van der Waals surface area contributed by atoms with Crippen molar-refractivity contribution in [2.24, 2.45) is 11.1 Å². The maximum atomic E-state index is 5.94. The van der Waals surface area contributed by atoms with Crippen LogP contribution in [0.3, 0.4) is 0 Å². The van der Waals surface area contributed by atoms with Crippen molar-refractivity contribution in [1.82, 2.24) is 4.90 Å². The van der Waals surface area contributed by atoms with Crippen LogP contribution in [0.4, 0.5) is 0 Å². The molecule has 0 amide bonds. The summed E-state index contributed by atoms with van der Waals surface area (Å²) in [7, 11) is 0. The maximum absolute atomic E-state index is 5.94. The monoisotopic (exact) mass is 224 g/mol. The van der Waals surface area contributed by atoms with Crippen LogP contribution >= 0.6 is 0 Å². The summed E-state index contributed by atoms with van der Waals surface area (Å²) in [5.41, 5.74) is 6.46. The van der Waals surface area contributed by atoms with Crippen LogP contribution in [0.2, 0.25) is 0 Å². The summed E-state index contributed by atoms with van der Waals surface area (Å²) in [4.78, 5) is 2.72. The molecule has 1 aliphatic heterocycles. The van der Waals surface area contributed by atoms with Crippen molar-refractivity contribution in [3.63, 3.8) is 0 Å². The van der Waals surface area contributed by atoms with E-state index in [1.54, 1.807) is 0 Å². The highest BCUT2D eigenvalue weighted by molar-refractivity contribution is 4.90. The van der Waals surface area contributed by atoms with Crippen molar-refractivity contribution in [3.8, 4) is 0 Å². The van der Waals surface area contributed by atoms with Gasteiger partial charge in [-0.2, -0.15) is 0 Å². The minimum atomic E-state index is 0.525. The van der Waals surface area contributed by atoms with Crippen molar-refractivity contribution in [2.45, 2.75) is 70.9 Å². The van der Waals surface area contributed by atoms with Crippen LogP contribution in [-0.2, 0) is 0 Å². The Hall–Kier alpha value is -0.0800. The lowest BCUT2D eigenvalue weighted by Gasteiger charge is -2.45. The molecule has 2 N–H and O–H groups in total. The predicted molar refractivity (Wildman–Crippen MR) is 69.4 cm³/mol. The molecule has 0 bridgehead atoms. The maximum Gasteiger partial charge on any atom is 0.00697 e. The number of piperidine rings is 1. The minimum Gasteiger partial charge on any atom is -0.330 e. The second-order valence-electron chi connectivity index (χ2n) is 6.17. The van der Waals surface area contributed by atoms with Crippen LogP contribution in [0.5, 0.6) is 0 Å². The first kappa shape index (κ1) is 12.4. The lowest BCUT2D eigenvalue weighted by atomic mass is 9.66. The normalized spacial score (nSPS) is 34.7. The molecule has 1 saturated heterocycles. The van der Waals surface area contributed by atoms with Gasteiger partial charge in [-0.1, -0.05) is 12.8 Å². The lowest BCUT2D eigenvalue weighted by molar-refractivity contribution is 0.0557. The van der Waals surface area contributed by atoms with Gasteiger partial charge in [0.15, 0.2) is 0 Å². The number of likely N-dealkylation sites (tertiary alicyclic amines) is 1. The molecular weight excluding hydrogens is 196 g/mol. The Morgan fingerprint density at radius 2 is 1.75 bits per heavy atom. The Balaban J connectivity index is 1.83. The van der Waals surface area contributed by atoms with Gasteiger partial charge in [0.25, 0.3) is 0 Å². The molecule has 1 saturated carbocycles. The Kier molecular flexibility index (Phi) is 3.91. The fourth-order valence-corrected chi connectivity index (χ4v) is 3.51. The number of hydrogen-bond acceptors (Lipinski definition) is 2. The van der Waals surface area contributed by atoms with Crippen LogP contribution in [0, 0.1) is 5.41 Å². The molecule has 2 fully saturated rings. The molecule has 0 aromatic heterocycles. The molecule has 2 nitrogen and oxygen atoms in total. The highest BCUT2D eigenvalue weighted by Crippen LogP contribution is 2.43. The van der Waals surface area contributed by atoms with E-state index in [2.05, 4.69) is 18.7 Å². The second kappa shape index (κ2) is 5.05. The van der Waals surface area contributed by atoms with Crippen LogP contribution in [0.25, 0.3) is 0 Å². The van der Waals surface area contributed by atoms with Gasteiger partial charge in [-0.15, -0.1) is 0 Å². The van der Waals surface area contributed by atoms with Crippen LogP contribution in [0.15, 0.2) is 0 Å². The summed E-state index contributed by atoms with van der Waals surface area (Å²) in [5.74, 6) is 0. The third-order valence-electron chi connectivity index (χ3n) is 5.12. The Bertz CT molecular complexity index is 207. The fourth-order valence-electron chi connectivity index (χ4n) is 3.51. The molecule has 16 heavy (non-hydrogen) atoms. The van der Waals surface area contributed by atoms with Gasteiger partial charge in [0.2, 0.25) is 0 Å². The third-order valence-corrected chi connectivity index (χ3v) is 5.12. The van der Waals surface area contributed by atoms with E-state index in [1.165, 1.54) is 51.5 Å². The van der Waals surface area contributed by atoms with Gasteiger partial charge in [0.05, 0.1) is 0 Å². The van der Waals surface area contributed by atoms with E-state index in [0.29, 0.717) is 5.41 Å². The lowest BCUT2D eigenvalue weighted by Crippen LogP contribution is -2.47. The molecular formula is C14H28N2. The van der Waals surface area contributed by atoms with E-state index < -0.39 is 0 Å². The second-order valence-corrected chi connectivity index (χ2v) is 6.17. The largest absolute Gasteiger partial charge is 0.330 e. The molecule has 0 aromatic carbocycles. The highest BCUT2D eigenvalue weighted by atomic mass is 15.2. The van der Waals surface area contributed by atoms with Gasteiger partial charge in [0.1, 0.15) is 0 Å². The van der Waals surface area contributed by atoms with Crippen LogP contribution in [-0.4, -0.2) is 30.1 Å². The summed E-state index contributed by atoms with van der Waals surface area (Å²) in [5, 5.41) is 0. The molecule has 2 heteroatoms. The Morgan fingerprint density at radius 1 is 1.12 bits per heavy atom. The molecule has 0 spiro atoms. The average Bonchev–Trinajstić information content (AvgIpc) is 2.20. The van der Waals surface area contributed by atoms with Gasteiger partial charge >= 0.3 is 0 Å². The topological polar surface area (TPSA) is 29.3 Å². The van der Waals surface area contributed by atoms with Gasteiger partial charge in [-0.3, -0.25) is 4.90 Å². The molecule has 2 unspecified atom stereocenters. The summed E-state index contributed by atoms with van der Waals surface area (Å²) in [6.07, 6.45) is 9.68. The smallest absolute Gasteiger partial charge is 0.00697 e. The standard InChI is InChI=1S/C14H28N2/c1-12-5-3-6-13(2)16(12)10-9-14(11-15)7-4-8-14/h12-13H,3-11,15H2,1-2H3. The predicted octanol–water partition coefficient (Wildman–Crippen LogP) is 2.77. The zero-order valence-electron chi connectivity index (χ0n) is 11.0. The van der Waals surface area contributed by atoms with E-state index in [-0.39, 0.29) is 0 Å². The molecule has 0 aromatic rings. The molecule has 2 atom stereocenters. The van der Waals surface area contributed by atoms with Crippen molar-refractivity contribution >= 4 is 0 Å². The van der Waals surface area contributed by atoms with E-state index in [1.807, 2.05) is 0 Å². The first-order valence-electron chi connectivity index (χ1n) is 7.13. The van der Waals surface area contributed by atoms with Crippen molar-refractivity contribution in [2.75, 3.05) is 13.1 Å². The summed E-state index contributed by atoms with van der Waals surface area (Å²) in [6, 6.07) is 1.58. The number of nitrogens with zero attached hydrogens (tertiary/aromatic N) is 1. The molecule has 2 aliphatic rings. The highest BCUT2D eigenvalue weighted by Gasteiger charge is 2.36. The number of rotatable bonds is 4. The summed E-state index contributed by atoms with van der Waals surface area (Å²) in [6.45, 7) is 6.97. The van der Waals surface area contributed by atoms with Gasteiger partial charge < -0.3 is 5.73 Å². The first-order valence-corrected chi connectivity index (χ1v) is 7.13. The zero-order valence-corrected chi connectivity index (χ0v) is 11.0. The molecule has 1 aliphatic carbocycles. The molecule has 1 heterocycles. The van der Waals surface area contributed by atoms with Crippen molar-refractivity contribution in [3.05, 3.63) is 0 Å². The van der Waals surface area contributed by atoms with E-state index in [9.17, 15) is 0 Å². The number of hydrogen-bond donors (Lipinski definition) is 1. The average molecular weight is 224 g/mol. The quantitative estimate of drug-likeness (QED) is 0.795. The molecule has 0 radical (unpaired) electrons. The number of nitrogens with two attached hydrogens (primary N) is 1. The van der Waals surface area contributed by atoms with E-state index >= 15 is 0 Å². The minimum absolute atomic E-state index is 0.525. The van der Waals surface area contributed by atoms with Gasteiger partial charge in [-0.25, -0.2) is 0 Å². The van der Waals surface area contributed by atoms with E-state index in [0.717, 1.165) is 18.6 Å². The fraction of sp³-hybridized carbons (Fsp3) is 1.00. The van der Waals surface area contributed by atoms with Gasteiger partial charge in [0, 0.05) is 12.1 Å². The SMILES string of the molecule is CC1CCCC(C)N1CCC1(CN)CCC1. The third kappa shape index (κ3) is 2.43. The van der Waals surface area contributed by atoms with Crippen LogP contribution in [0.1, 0.15) is 58.8 Å². The summed E-state index contributed by atoms with van der Waals surface area (Å²) >= 11 is 0. The molecule has 2 rings (SSSR count). The van der Waals surface area contributed by atoms with E-state index in [4.69, 9.17) is 5.73 Å². The Labute approximate surface area is 101 Å². The zero-order chi connectivity index (χ0) is 11.6. The Morgan fingerprint density at radius 3 is 2.19 bits per heavy atom. The molecule has 94 valence electrons. The summed E-state index contributed by atoms with van der Waals surface area (Å²) < 4.78 is 0. The first-order chi connectivity index (χ1) is 7.67. The van der Waals surface area contributed by atoms with Crippen molar-refractivity contribution in [1.29, 1.82) is 0 Å². The van der Waals surface area contributed by atoms with Crippen molar-refractivity contribution < 1.29 is 0 Å².